The fraction of sp³-hybridized carbons (Fsp3) is 0.700. The Morgan fingerprint density at radius 3 is 2.59 bits per heavy atom. The predicted octanol–water partition coefficient (Wildman–Crippen LogP) is 0.0686. The fourth-order valence-electron chi connectivity index (χ4n) is 1.66. The molecule has 2 N–H and O–H groups in total. The molecule has 0 aromatic carbocycles. The zero-order valence-electron chi connectivity index (χ0n) is 10.3. The van der Waals surface area contributed by atoms with Crippen molar-refractivity contribution in [1.82, 2.24) is 19.9 Å². The molecule has 1 aliphatic heterocycles. The molecule has 1 aromatic heterocycles. The highest BCUT2D eigenvalue weighted by Crippen LogP contribution is 2.12. The molecule has 0 atom stereocenters. The normalized spacial score (nSPS) is 17.1. The van der Waals surface area contributed by atoms with E-state index in [1.165, 1.54) is 11.5 Å². The summed E-state index contributed by atoms with van der Waals surface area (Å²) in [6, 6.07) is 0. The average Bonchev–Trinajstić information content (AvgIpc) is 2.29. The van der Waals surface area contributed by atoms with E-state index in [0.29, 0.717) is 11.9 Å². The van der Waals surface area contributed by atoms with Crippen LogP contribution in [0.3, 0.4) is 0 Å². The Balaban J connectivity index is 2.09. The summed E-state index contributed by atoms with van der Waals surface area (Å²) in [6.45, 7) is 2.94. The molecule has 1 fully saturated rings. The Labute approximate surface area is 106 Å². The van der Waals surface area contributed by atoms with E-state index in [4.69, 9.17) is 5.73 Å². The maximum absolute atomic E-state index is 5.69. The van der Waals surface area contributed by atoms with Crippen molar-refractivity contribution < 1.29 is 0 Å². The standard InChI is InChI=1S/C10H18N6S/c1-15(2)10-13-8(12-9(11)14-10)7-16-3-5-17-6-4-16/h3-7H2,1-2H3,(H2,11,12,13,14). The fourth-order valence-corrected chi connectivity index (χ4v) is 2.63. The molecule has 1 aromatic rings. The van der Waals surface area contributed by atoms with E-state index in [1.54, 1.807) is 0 Å². The number of rotatable bonds is 3. The summed E-state index contributed by atoms with van der Waals surface area (Å²) in [7, 11) is 3.80. The van der Waals surface area contributed by atoms with Crippen LogP contribution in [0.5, 0.6) is 0 Å². The molecule has 6 nitrogen and oxygen atoms in total. The topological polar surface area (TPSA) is 71.2 Å². The van der Waals surface area contributed by atoms with E-state index < -0.39 is 0 Å². The second-order valence-corrected chi connectivity index (χ2v) is 5.42. The molecule has 2 rings (SSSR count). The lowest BCUT2D eigenvalue weighted by molar-refractivity contribution is 0.287. The van der Waals surface area contributed by atoms with Crippen molar-refractivity contribution in [3.63, 3.8) is 0 Å². The molecule has 1 aliphatic rings. The van der Waals surface area contributed by atoms with Gasteiger partial charge in [0.15, 0.2) is 0 Å². The van der Waals surface area contributed by atoms with Crippen LogP contribution in [0.25, 0.3) is 0 Å². The van der Waals surface area contributed by atoms with Gasteiger partial charge >= 0.3 is 0 Å². The van der Waals surface area contributed by atoms with Crippen LogP contribution in [0.1, 0.15) is 5.82 Å². The number of nitrogen functional groups attached to an aromatic ring is 1. The minimum absolute atomic E-state index is 0.296. The number of anilines is 2. The van der Waals surface area contributed by atoms with Gasteiger partial charge in [0.2, 0.25) is 11.9 Å². The van der Waals surface area contributed by atoms with Gasteiger partial charge in [-0.25, -0.2) is 0 Å². The molecule has 1 saturated heterocycles. The largest absolute Gasteiger partial charge is 0.368 e. The number of hydrogen-bond acceptors (Lipinski definition) is 7. The van der Waals surface area contributed by atoms with Crippen molar-refractivity contribution in [3.8, 4) is 0 Å². The van der Waals surface area contributed by atoms with Gasteiger partial charge in [0.05, 0.1) is 6.54 Å². The monoisotopic (exact) mass is 254 g/mol. The minimum atomic E-state index is 0.296. The summed E-state index contributed by atoms with van der Waals surface area (Å²) in [5.74, 6) is 4.04. The second-order valence-electron chi connectivity index (χ2n) is 4.19. The van der Waals surface area contributed by atoms with Crippen molar-refractivity contribution in [2.75, 3.05) is 49.3 Å². The van der Waals surface area contributed by atoms with Gasteiger partial charge in [-0.3, -0.25) is 4.90 Å². The lowest BCUT2D eigenvalue weighted by atomic mass is 10.4. The molecule has 0 aliphatic carbocycles. The first kappa shape index (κ1) is 12.4. The smallest absolute Gasteiger partial charge is 0.229 e. The Kier molecular flexibility index (Phi) is 4.01. The van der Waals surface area contributed by atoms with Crippen molar-refractivity contribution in [2.45, 2.75) is 6.54 Å². The summed E-state index contributed by atoms with van der Waals surface area (Å²) in [4.78, 5) is 16.9. The van der Waals surface area contributed by atoms with Crippen molar-refractivity contribution >= 4 is 23.7 Å². The summed E-state index contributed by atoms with van der Waals surface area (Å²) in [5, 5.41) is 0. The highest BCUT2D eigenvalue weighted by Gasteiger charge is 2.13. The predicted molar refractivity (Wildman–Crippen MR) is 71.2 cm³/mol. The third kappa shape index (κ3) is 3.44. The maximum atomic E-state index is 5.69. The number of aromatic nitrogens is 3. The van der Waals surface area contributed by atoms with Crippen LogP contribution >= 0.6 is 11.8 Å². The van der Waals surface area contributed by atoms with Crippen LogP contribution < -0.4 is 10.6 Å². The Bertz CT molecular complexity index is 377. The maximum Gasteiger partial charge on any atom is 0.229 e. The van der Waals surface area contributed by atoms with Crippen LogP contribution in [0.2, 0.25) is 0 Å². The van der Waals surface area contributed by atoms with Crippen LogP contribution in [0, 0.1) is 0 Å². The second kappa shape index (κ2) is 5.50. The molecule has 0 radical (unpaired) electrons. The van der Waals surface area contributed by atoms with Gasteiger partial charge in [-0.05, 0) is 0 Å². The molecule has 0 spiro atoms. The van der Waals surface area contributed by atoms with Crippen molar-refractivity contribution in [3.05, 3.63) is 5.82 Å². The van der Waals surface area contributed by atoms with Gasteiger partial charge in [-0.2, -0.15) is 26.7 Å². The van der Waals surface area contributed by atoms with Crippen LogP contribution in [-0.4, -0.2) is 58.5 Å². The molecule has 7 heteroatoms. The van der Waals surface area contributed by atoms with Crippen molar-refractivity contribution in [1.29, 1.82) is 0 Å². The van der Waals surface area contributed by atoms with Crippen LogP contribution in [-0.2, 0) is 6.54 Å². The zero-order valence-corrected chi connectivity index (χ0v) is 11.1. The molecule has 94 valence electrons. The quantitative estimate of drug-likeness (QED) is 0.818. The van der Waals surface area contributed by atoms with E-state index in [0.717, 1.165) is 25.5 Å². The molecule has 0 saturated carbocycles. The van der Waals surface area contributed by atoms with E-state index in [2.05, 4.69) is 19.9 Å². The lowest BCUT2D eigenvalue weighted by Crippen LogP contribution is -2.33. The Hall–Kier alpha value is -1.08. The first-order valence-electron chi connectivity index (χ1n) is 5.63. The number of nitrogens with two attached hydrogens (primary N) is 1. The zero-order chi connectivity index (χ0) is 12.3. The van der Waals surface area contributed by atoms with E-state index in [-0.39, 0.29) is 0 Å². The summed E-state index contributed by atoms with van der Waals surface area (Å²) < 4.78 is 0. The highest BCUT2D eigenvalue weighted by molar-refractivity contribution is 7.99. The van der Waals surface area contributed by atoms with Crippen molar-refractivity contribution in [2.24, 2.45) is 0 Å². The van der Waals surface area contributed by atoms with Gasteiger partial charge in [0, 0.05) is 38.7 Å². The van der Waals surface area contributed by atoms with Gasteiger partial charge in [-0.15, -0.1) is 0 Å². The molecule has 0 bridgehead atoms. The Morgan fingerprint density at radius 1 is 1.24 bits per heavy atom. The molecule has 17 heavy (non-hydrogen) atoms. The van der Waals surface area contributed by atoms with Crippen LogP contribution in [0.4, 0.5) is 11.9 Å². The summed E-state index contributed by atoms with van der Waals surface area (Å²) in [5.41, 5.74) is 5.69. The first-order chi connectivity index (χ1) is 8.15. The van der Waals surface area contributed by atoms with Gasteiger partial charge in [-0.1, -0.05) is 0 Å². The number of hydrogen-bond donors (Lipinski definition) is 1. The number of nitrogens with zero attached hydrogens (tertiary/aromatic N) is 5. The molecular weight excluding hydrogens is 236 g/mol. The SMILES string of the molecule is CN(C)c1nc(N)nc(CN2CCSCC2)n1. The van der Waals surface area contributed by atoms with Crippen LogP contribution in [0.15, 0.2) is 0 Å². The number of thioether (sulfide) groups is 1. The third-order valence-corrected chi connectivity index (χ3v) is 3.50. The molecule has 2 heterocycles. The summed E-state index contributed by atoms with van der Waals surface area (Å²) in [6.07, 6.45) is 0. The average molecular weight is 254 g/mol. The molecular formula is C10H18N6S. The van der Waals surface area contributed by atoms with Gasteiger partial charge in [0.25, 0.3) is 0 Å². The van der Waals surface area contributed by atoms with E-state index >= 15 is 0 Å². The third-order valence-electron chi connectivity index (χ3n) is 2.56. The first-order valence-corrected chi connectivity index (χ1v) is 6.78. The minimum Gasteiger partial charge on any atom is -0.368 e. The lowest BCUT2D eigenvalue weighted by Gasteiger charge is -2.25. The van der Waals surface area contributed by atoms with E-state index in [1.807, 2.05) is 30.8 Å². The van der Waals surface area contributed by atoms with Gasteiger partial charge in [0.1, 0.15) is 5.82 Å². The molecule has 0 unspecified atom stereocenters. The summed E-state index contributed by atoms with van der Waals surface area (Å²) >= 11 is 1.99. The highest BCUT2D eigenvalue weighted by atomic mass is 32.2. The van der Waals surface area contributed by atoms with Gasteiger partial charge < -0.3 is 10.6 Å². The van der Waals surface area contributed by atoms with E-state index in [9.17, 15) is 0 Å². The molecule has 0 amide bonds. The Morgan fingerprint density at radius 2 is 1.94 bits per heavy atom.